The number of hydrogen-bond acceptors (Lipinski definition) is 2. The van der Waals surface area contributed by atoms with Crippen LogP contribution in [0.5, 0.6) is 0 Å². The van der Waals surface area contributed by atoms with Crippen LogP contribution in [0.1, 0.15) is 0 Å². The van der Waals surface area contributed by atoms with Gasteiger partial charge < -0.3 is 18.9 Å². The number of anilines is 6. The van der Waals surface area contributed by atoms with Crippen LogP contribution in [0.15, 0.2) is 207 Å². The highest BCUT2D eigenvalue weighted by molar-refractivity contribution is 6.07. The fourth-order valence-electron chi connectivity index (χ4n) is 7.02. The first-order valence-corrected chi connectivity index (χ1v) is 16.9. The van der Waals surface area contributed by atoms with E-state index in [1.54, 1.807) is 0 Å². The zero-order valence-corrected chi connectivity index (χ0v) is 27.4. The van der Waals surface area contributed by atoms with Crippen molar-refractivity contribution in [3.05, 3.63) is 207 Å². The largest absolute Gasteiger partial charge is 0.317 e. The monoisotopic (exact) mass is 642 g/mol. The summed E-state index contributed by atoms with van der Waals surface area (Å²) in [6.07, 6.45) is 4.36. The summed E-state index contributed by atoms with van der Waals surface area (Å²) in [5, 5.41) is 2.47. The number of nitrogens with zero attached hydrogens (tertiary/aromatic N) is 4. The van der Waals surface area contributed by atoms with E-state index in [1.807, 2.05) is 0 Å². The van der Waals surface area contributed by atoms with Gasteiger partial charge in [-0.2, -0.15) is 0 Å². The third kappa shape index (κ3) is 5.29. The molecule has 0 N–H and O–H groups in total. The van der Waals surface area contributed by atoms with Gasteiger partial charge in [0, 0.05) is 68.7 Å². The number of hydrogen-bond donors (Lipinski definition) is 0. The van der Waals surface area contributed by atoms with Crippen LogP contribution in [0, 0.1) is 0 Å². The van der Waals surface area contributed by atoms with Gasteiger partial charge in [0.25, 0.3) is 0 Å². The molecule has 2 aromatic heterocycles. The van der Waals surface area contributed by atoms with E-state index in [1.165, 1.54) is 21.8 Å². The lowest BCUT2D eigenvalue weighted by Crippen LogP contribution is -2.09. The number of rotatable bonds is 8. The quantitative estimate of drug-likeness (QED) is 0.164. The number of benzene rings is 7. The van der Waals surface area contributed by atoms with Gasteiger partial charge in [-0.15, -0.1) is 0 Å². The molecule has 0 saturated heterocycles. The Bertz CT molecular complexity index is 2240. The molecule has 0 saturated carbocycles. The molecule has 2 heterocycles. The summed E-state index contributed by atoms with van der Waals surface area (Å²) < 4.78 is 4.56. The molecule has 0 bridgehead atoms. The molecule has 0 radical (unpaired) electrons. The lowest BCUT2D eigenvalue weighted by atomic mass is 10.1. The van der Waals surface area contributed by atoms with Crippen molar-refractivity contribution in [3.8, 4) is 11.4 Å². The van der Waals surface area contributed by atoms with Crippen molar-refractivity contribution in [2.75, 3.05) is 9.80 Å². The van der Waals surface area contributed by atoms with E-state index in [4.69, 9.17) is 0 Å². The van der Waals surface area contributed by atoms with Crippen LogP contribution in [-0.2, 0) is 0 Å². The summed E-state index contributed by atoms with van der Waals surface area (Å²) >= 11 is 0. The van der Waals surface area contributed by atoms with Crippen molar-refractivity contribution in [1.82, 2.24) is 9.13 Å². The van der Waals surface area contributed by atoms with Gasteiger partial charge in [0.05, 0.1) is 11.0 Å². The van der Waals surface area contributed by atoms with Crippen LogP contribution in [0.2, 0.25) is 0 Å². The van der Waals surface area contributed by atoms with Crippen LogP contribution in [0.3, 0.4) is 0 Å². The molecule has 4 nitrogen and oxygen atoms in total. The van der Waals surface area contributed by atoms with Crippen LogP contribution in [-0.4, -0.2) is 9.13 Å². The van der Waals surface area contributed by atoms with Crippen molar-refractivity contribution < 1.29 is 0 Å². The van der Waals surface area contributed by atoms with Crippen LogP contribution < -0.4 is 9.80 Å². The van der Waals surface area contributed by atoms with Gasteiger partial charge in [-0.25, -0.2) is 0 Å². The highest BCUT2D eigenvalue weighted by Crippen LogP contribution is 2.37. The van der Waals surface area contributed by atoms with Crippen molar-refractivity contribution in [2.24, 2.45) is 0 Å². The normalized spacial score (nSPS) is 11.2. The molecular formula is C46H34N4. The van der Waals surface area contributed by atoms with Gasteiger partial charge in [0.2, 0.25) is 0 Å². The predicted molar refractivity (Wildman–Crippen MR) is 209 cm³/mol. The third-order valence-corrected chi connectivity index (χ3v) is 9.37. The van der Waals surface area contributed by atoms with E-state index in [2.05, 4.69) is 225 Å². The molecule has 7 aromatic carbocycles. The standard InChI is InChI=1S/C46H34N4/c1-5-13-37(14-6-1)49(38-15-7-2-8-16-38)41-25-21-35(22-26-41)47-33-31-43-44-32-34-48(46(44)30-29-45(43)47)36-23-27-42(28-24-36)50(39-17-9-3-10-18-39)40-19-11-4-12-20-40/h1-34H. The third-order valence-electron chi connectivity index (χ3n) is 9.37. The van der Waals surface area contributed by atoms with Crippen molar-refractivity contribution in [2.45, 2.75) is 0 Å². The van der Waals surface area contributed by atoms with E-state index < -0.39 is 0 Å². The predicted octanol–water partition coefficient (Wildman–Crippen LogP) is 12.5. The van der Waals surface area contributed by atoms with E-state index >= 15 is 0 Å². The summed E-state index contributed by atoms with van der Waals surface area (Å²) in [5.74, 6) is 0. The molecule has 0 aliphatic heterocycles. The van der Waals surface area contributed by atoms with E-state index in [0.29, 0.717) is 0 Å². The topological polar surface area (TPSA) is 16.3 Å². The Morgan fingerprint density at radius 3 is 0.840 bits per heavy atom. The SMILES string of the molecule is c1ccc(N(c2ccccc2)c2ccc(-n3ccc4c5ccn(-c6ccc(N(c7ccccc7)c7ccccc7)cc6)c5ccc43)cc2)cc1. The molecule has 0 amide bonds. The Morgan fingerprint density at radius 2 is 0.540 bits per heavy atom. The maximum Gasteiger partial charge on any atom is 0.0535 e. The summed E-state index contributed by atoms with van der Waals surface area (Å²) in [7, 11) is 0. The minimum absolute atomic E-state index is 1.11. The average molecular weight is 643 g/mol. The lowest BCUT2D eigenvalue weighted by molar-refractivity contribution is 1.12. The number of para-hydroxylation sites is 4. The first-order valence-electron chi connectivity index (χ1n) is 16.9. The fraction of sp³-hybridized carbons (Fsp3) is 0. The summed E-state index contributed by atoms with van der Waals surface area (Å²) in [4.78, 5) is 4.58. The van der Waals surface area contributed by atoms with Gasteiger partial charge in [-0.3, -0.25) is 0 Å². The number of fused-ring (bicyclic) bond motifs is 3. The summed E-state index contributed by atoms with van der Waals surface area (Å²) in [6.45, 7) is 0. The van der Waals surface area contributed by atoms with Gasteiger partial charge in [-0.05, 0) is 121 Å². The smallest absolute Gasteiger partial charge is 0.0535 e. The summed E-state index contributed by atoms with van der Waals surface area (Å²) in [6, 6.07) is 68.7. The van der Waals surface area contributed by atoms with Crippen LogP contribution in [0.25, 0.3) is 33.2 Å². The van der Waals surface area contributed by atoms with Gasteiger partial charge in [0.1, 0.15) is 0 Å². The second-order valence-corrected chi connectivity index (χ2v) is 12.3. The number of aromatic nitrogens is 2. The average Bonchev–Trinajstić information content (AvgIpc) is 3.83. The molecule has 4 heteroatoms. The highest BCUT2D eigenvalue weighted by Gasteiger charge is 2.15. The van der Waals surface area contributed by atoms with Gasteiger partial charge in [0.15, 0.2) is 0 Å². The molecule has 0 aliphatic rings. The molecule has 0 spiro atoms. The Labute approximate surface area is 291 Å². The zero-order valence-electron chi connectivity index (χ0n) is 27.4. The van der Waals surface area contributed by atoms with Crippen molar-refractivity contribution in [1.29, 1.82) is 0 Å². The highest BCUT2D eigenvalue weighted by atomic mass is 15.1. The van der Waals surface area contributed by atoms with Crippen LogP contribution >= 0.6 is 0 Å². The lowest BCUT2D eigenvalue weighted by Gasteiger charge is -2.25. The molecule has 0 aliphatic carbocycles. The second kappa shape index (κ2) is 12.7. The first-order chi connectivity index (χ1) is 24.8. The van der Waals surface area contributed by atoms with Gasteiger partial charge in [-0.1, -0.05) is 72.8 Å². The second-order valence-electron chi connectivity index (χ2n) is 12.3. The maximum atomic E-state index is 2.29. The van der Waals surface area contributed by atoms with Gasteiger partial charge >= 0.3 is 0 Å². The minimum atomic E-state index is 1.11. The fourth-order valence-corrected chi connectivity index (χ4v) is 7.02. The summed E-state index contributed by atoms with van der Waals surface area (Å²) in [5.41, 5.74) is 11.4. The molecule has 50 heavy (non-hydrogen) atoms. The first kappa shape index (κ1) is 29.4. The molecular weight excluding hydrogens is 609 g/mol. The molecule has 9 aromatic rings. The maximum absolute atomic E-state index is 2.29. The Balaban J connectivity index is 1.03. The Morgan fingerprint density at radius 1 is 0.260 bits per heavy atom. The van der Waals surface area contributed by atoms with E-state index in [0.717, 1.165) is 45.5 Å². The van der Waals surface area contributed by atoms with E-state index in [9.17, 15) is 0 Å². The molecule has 238 valence electrons. The van der Waals surface area contributed by atoms with E-state index in [-0.39, 0.29) is 0 Å². The van der Waals surface area contributed by atoms with Crippen LogP contribution in [0.4, 0.5) is 34.1 Å². The van der Waals surface area contributed by atoms with Crippen molar-refractivity contribution >= 4 is 55.9 Å². The molecule has 0 fully saturated rings. The molecule has 0 unspecified atom stereocenters. The Hall–Kier alpha value is -6.78. The van der Waals surface area contributed by atoms with Crippen molar-refractivity contribution in [3.63, 3.8) is 0 Å². The minimum Gasteiger partial charge on any atom is -0.317 e. The molecule has 9 rings (SSSR count). The Kier molecular flexibility index (Phi) is 7.45. The molecule has 0 atom stereocenters. The zero-order chi connectivity index (χ0) is 33.3.